The molecule has 0 aliphatic carbocycles. The molecule has 1 aromatic heterocycles. The predicted octanol–water partition coefficient (Wildman–Crippen LogP) is 2.56. The first-order valence-corrected chi connectivity index (χ1v) is 4.80. The molecular weight excluding hydrogens is 174 g/mol. The standard InChI is InChI=1S/C11H15N3/c1-7-5-9-10(13-14-12-9)6-8(7)11(2,3)4/h5-6H,1-4H3,(H,12,13,14). The molecule has 3 nitrogen and oxygen atoms in total. The number of hydrogen-bond donors (Lipinski definition) is 1. The molecule has 0 saturated carbocycles. The van der Waals surface area contributed by atoms with Crippen molar-refractivity contribution in [1.82, 2.24) is 15.4 Å². The van der Waals surface area contributed by atoms with Crippen LogP contribution in [-0.2, 0) is 5.41 Å². The van der Waals surface area contributed by atoms with Gasteiger partial charge in [0, 0.05) is 0 Å². The maximum absolute atomic E-state index is 4.10. The quantitative estimate of drug-likeness (QED) is 0.692. The number of aryl methyl sites for hydroxylation is 1. The molecule has 3 heteroatoms. The molecule has 2 aromatic rings. The van der Waals surface area contributed by atoms with Crippen molar-refractivity contribution in [2.24, 2.45) is 0 Å². The van der Waals surface area contributed by atoms with Crippen molar-refractivity contribution in [3.05, 3.63) is 23.3 Å². The average molecular weight is 189 g/mol. The average Bonchev–Trinajstić information content (AvgIpc) is 2.47. The number of H-pyrrole nitrogens is 1. The van der Waals surface area contributed by atoms with Crippen molar-refractivity contribution in [2.45, 2.75) is 33.1 Å². The zero-order valence-corrected chi connectivity index (χ0v) is 9.05. The van der Waals surface area contributed by atoms with E-state index in [0.717, 1.165) is 11.0 Å². The zero-order valence-electron chi connectivity index (χ0n) is 9.05. The molecular formula is C11H15N3. The maximum atomic E-state index is 4.10. The summed E-state index contributed by atoms with van der Waals surface area (Å²) in [6, 6.07) is 4.20. The number of aromatic nitrogens is 3. The van der Waals surface area contributed by atoms with Crippen molar-refractivity contribution >= 4 is 11.0 Å². The Morgan fingerprint density at radius 1 is 1.07 bits per heavy atom. The highest BCUT2D eigenvalue weighted by Crippen LogP contribution is 2.27. The molecule has 0 aliphatic rings. The second-order valence-electron chi connectivity index (χ2n) is 4.73. The van der Waals surface area contributed by atoms with Gasteiger partial charge in [-0.3, -0.25) is 0 Å². The van der Waals surface area contributed by atoms with Crippen molar-refractivity contribution < 1.29 is 0 Å². The van der Waals surface area contributed by atoms with Crippen LogP contribution in [-0.4, -0.2) is 15.4 Å². The van der Waals surface area contributed by atoms with Gasteiger partial charge in [-0.15, -0.1) is 0 Å². The molecule has 0 fully saturated rings. The van der Waals surface area contributed by atoms with Gasteiger partial charge in [-0.05, 0) is 35.6 Å². The Bertz CT molecular complexity index is 463. The number of hydrogen-bond acceptors (Lipinski definition) is 2. The number of aromatic amines is 1. The van der Waals surface area contributed by atoms with Gasteiger partial charge in [-0.1, -0.05) is 20.8 Å². The fraction of sp³-hybridized carbons (Fsp3) is 0.455. The first-order chi connectivity index (χ1) is 6.48. The minimum atomic E-state index is 0.164. The molecule has 0 bridgehead atoms. The van der Waals surface area contributed by atoms with E-state index in [2.05, 4.69) is 55.2 Å². The largest absolute Gasteiger partial charge is 0.197 e. The van der Waals surface area contributed by atoms with Gasteiger partial charge in [-0.25, -0.2) is 0 Å². The third kappa shape index (κ3) is 1.39. The minimum Gasteiger partial charge on any atom is -0.197 e. The molecule has 0 unspecified atom stereocenters. The van der Waals surface area contributed by atoms with Crippen molar-refractivity contribution in [2.75, 3.05) is 0 Å². The molecule has 1 N–H and O–H groups in total. The van der Waals surface area contributed by atoms with Gasteiger partial charge in [0.2, 0.25) is 0 Å². The van der Waals surface area contributed by atoms with Gasteiger partial charge in [0.1, 0.15) is 11.0 Å². The Kier molecular flexibility index (Phi) is 1.84. The molecule has 0 radical (unpaired) electrons. The number of nitrogens with one attached hydrogen (secondary N) is 1. The van der Waals surface area contributed by atoms with Gasteiger partial charge in [0.15, 0.2) is 0 Å². The van der Waals surface area contributed by atoms with E-state index in [1.165, 1.54) is 11.1 Å². The minimum absolute atomic E-state index is 0.164. The lowest BCUT2D eigenvalue weighted by Gasteiger charge is -2.21. The smallest absolute Gasteiger partial charge is 0.113 e. The van der Waals surface area contributed by atoms with E-state index in [1.807, 2.05) is 0 Å². The summed E-state index contributed by atoms with van der Waals surface area (Å²) < 4.78 is 0. The summed E-state index contributed by atoms with van der Waals surface area (Å²) in [6.07, 6.45) is 0. The van der Waals surface area contributed by atoms with E-state index in [1.54, 1.807) is 0 Å². The fourth-order valence-electron chi connectivity index (χ4n) is 1.80. The number of rotatable bonds is 0. The van der Waals surface area contributed by atoms with E-state index in [9.17, 15) is 0 Å². The van der Waals surface area contributed by atoms with E-state index in [0.29, 0.717) is 0 Å². The number of benzene rings is 1. The van der Waals surface area contributed by atoms with Gasteiger partial charge < -0.3 is 0 Å². The second kappa shape index (κ2) is 2.80. The molecule has 1 heterocycles. The van der Waals surface area contributed by atoms with Gasteiger partial charge in [0.25, 0.3) is 0 Å². The SMILES string of the molecule is Cc1cc2n[nH]nc2cc1C(C)(C)C. The molecule has 0 saturated heterocycles. The van der Waals surface area contributed by atoms with Crippen LogP contribution in [0.5, 0.6) is 0 Å². The lowest BCUT2D eigenvalue weighted by molar-refractivity contribution is 0.587. The van der Waals surface area contributed by atoms with Crippen LogP contribution >= 0.6 is 0 Å². The monoisotopic (exact) mass is 189 g/mol. The first-order valence-electron chi connectivity index (χ1n) is 4.80. The summed E-state index contributed by atoms with van der Waals surface area (Å²) >= 11 is 0. The molecule has 0 spiro atoms. The molecule has 74 valence electrons. The Morgan fingerprint density at radius 2 is 1.64 bits per heavy atom. The zero-order chi connectivity index (χ0) is 10.3. The number of fused-ring (bicyclic) bond motifs is 1. The van der Waals surface area contributed by atoms with E-state index in [4.69, 9.17) is 0 Å². The fourth-order valence-corrected chi connectivity index (χ4v) is 1.80. The normalized spacial score (nSPS) is 12.3. The van der Waals surface area contributed by atoms with Crippen molar-refractivity contribution in [3.8, 4) is 0 Å². The van der Waals surface area contributed by atoms with Gasteiger partial charge >= 0.3 is 0 Å². The van der Waals surface area contributed by atoms with Crippen LogP contribution in [0.1, 0.15) is 31.9 Å². The summed E-state index contributed by atoms with van der Waals surface area (Å²) in [7, 11) is 0. The lowest BCUT2D eigenvalue weighted by atomic mass is 9.84. The topological polar surface area (TPSA) is 41.6 Å². The van der Waals surface area contributed by atoms with Crippen molar-refractivity contribution in [3.63, 3.8) is 0 Å². The Hall–Kier alpha value is -1.38. The van der Waals surface area contributed by atoms with Crippen LogP contribution in [0.25, 0.3) is 11.0 Å². The lowest BCUT2D eigenvalue weighted by Crippen LogP contribution is -2.12. The van der Waals surface area contributed by atoms with Crippen molar-refractivity contribution in [1.29, 1.82) is 0 Å². The van der Waals surface area contributed by atoms with E-state index in [-0.39, 0.29) is 5.41 Å². The van der Waals surface area contributed by atoms with Crippen LogP contribution in [0.2, 0.25) is 0 Å². The summed E-state index contributed by atoms with van der Waals surface area (Å²) in [5.41, 5.74) is 4.66. The summed E-state index contributed by atoms with van der Waals surface area (Å²) in [5.74, 6) is 0. The second-order valence-corrected chi connectivity index (χ2v) is 4.73. The highest BCUT2D eigenvalue weighted by molar-refractivity contribution is 5.75. The molecule has 0 aliphatic heterocycles. The maximum Gasteiger partial charge on any atom is 0.113 e. The predicted molar refractivity (Wildman–Crippen MR) is 57.3 cm³/mol. The van der Waals surface area contributed by atoms with Crippen LogP contribution in [0.15, 0.2) is 12.1 Å². The number of nitrogens with zero attached hydrogens (tertiary/aromatic N) is 2. The Labute approximate surface area is 83.5 Å². The Balaban J connectivity index is 2.71. The summed E-state index contributed by atoms with van der Waals surface area (Å²) in [5, 5.41) is 10.8. The molecule has 14 heavy (non-hydrogen) atoms. The van der Waals surface area contributed by atoms with Crippen LogP contribution in [0, 0.1) is 6.92 Å². The molecule has 2 rings (SSSR count). The highest BCUT2D eigenvalue weighted by atomic mass is 15.3. The third-order valence-electron chi connectivity index (χ3n) is 2.47. The summed E-state index contributed by atoms with van der Waals surface area (Å²) in [4.78, 5) is 0. The third-order valence-corrected chi connectivity index (χ3v) is 2.47. The first kappa shape index (κ1) is 9.19. The van der Waals surface area contributed by atoms with Crippen LogP contribution in [0.3, 0.4) is 0 Å². The highest BCUT2D eigenvalue weighted by Gasteiger charge is 2.17. The van der Waals surface area contributed by atoms with Gasteiger partial charge in [-0.2, -0.15) is 15.4 Å². The molecule has 0 amide bonds. The molecule has 0 atom stereocenters. The van der Waals surface area contributed by atoms with E-state index < -0.39 is 0 Å². The van der Waals surface area contributed by atoms with Gasteiger partial charge in [0.05, 0.1) is 0 Å². The van der Waals surface area contributed by atoms with Crippen LogP contribution < -0.4 is 0 Å². The van der Waals surface area contributed by atoms with E-state index >= 15 is 0 Å². The summed E-state index contributed by atoms with van der Waals surface area (Å²) in [6.45, 7) is 8.75. The molecule has 1 aromatic carbocycles. The van der Waals surface area contributed by atoms with Crippen LogP contribution in [0.4, 0.5) is 0 Å². The Morgan fingerprint density at radius 3 is 2.21 bits per heavy atom.